The van der Waals surface area contributed by atoms with E-state index < -0.39 is 16.3 Å². The molecule has 0 aromatic heterocycles. The van der Waals surface area contributed by atoms with Crippen molar-refractivity contribution in [2.75, 3.05) is 0 Å². The third kappa shape index (κ3) is 5.79. The van der Waals surface area contributed by atoms with Gasteiger partial charge in [0.05, 0.1) is 0 Å². The van der Waals surface area contributed by atoms with E-state index >= 15 is 0 Å². The molecule has 0 spiro atoms. The summed E-state index contributed by atoms with van der Waals surface area (Å²) in [6, 6.07) is 10.3. The summed E-state index contributed by atoms with van der Waals surface area (Å²) in [6.45, 7) is 2.16. The van der Waals surface area contributed by atoms with Gasteiger partial charge in [-0.25, -0.2) is 4.39 Å². The molecule has 0 aliphatic heterocycles. The molecular weight excluding hydrogens is 339 g/mol. The molecule has 5 heteroatoms. The van der Waals surface area contributed by atoms with Gasteiger partial charge in [-0.3, -0.25) is 4.55 Å². The number of halogens is 1. The normalized spacial score (nSPS) is 13.2. The van der Waals surface area contributed by atoms with Crippen LogP contribution in [0.5, 0.6) is 0 Å². The van der Waals surface area contributed by atoms with Crippen molar-refractivity contribution in [2.45, 2.75) is 69.4 Å². The largest absolute Gasteiger partial charge is 0.295 e. The van der Waals surface area contributed by atoms with Crippen LogP contribution in [-0.4, -0.2) is 19.1 Å². The maximum atomic E-state index is 14.4. The molecule has 2 aromatic carbocycles. The van der Waals surface area contributed by atoms with Crippen molar-refractivity contribution in [3.8, 4) is 0 Å². The zero-order chi connectivity index (χ0) is 18.3. The Kier molecular flexibility index (Phi) is 7.38. The fourth-order valence-electron chi connectivity index (χ4n) is 3.24. The molecule has 1 unspecified atom stereocenters. The third-order valence-electron chi connectivity index (χ3n) is 4.53. The maximum absolute atomic E-state index is 14.4. The predicted octanol–water partition coefficient (Wildman–Crippen LogP) is 5.72. The van der Waals surface area contributed by atoms with Gasteiger partial charge >= 0.3 is 0 Å². The van der Waals surface area contributed by atoms with Crippen LogP contribution in [-0.2, 0) is 16.5 Å². The number of alkyl halides is 1. The average Bonchev–Trinajstić information content (AvgIpc) is 2.56. The van der Waals surface area contributed by atoms with Crippen LogP contribution in [0.2, 0.25) is 0 Å². The van der Waals surface area contributed by atoms with Crippen molar-refractivity contribution in [3.63, 3.8) is 0 Å². The second-order valence-corrected chi connectivity index (χ2v) is 7.97. The van der Waals surface area contributed by atoms with Gasteiger partial charge in [0, 0.05) is 11.8 Å². The molecule has 0 saturated carbocycles. The van der Waals surface area contributed by atoms with Gasteiger partial charge in [0.15, 0.2) is 0 Å². The van der Waals surface area contributed by atoms with Gasteiger partial charge in [-0.1, -0.05) is 81.8 Å². The minimum absolute atomic E-state index is 0.00885. The van der Waals surface area contributed by atoms with Crippen LogP contribution in [0.1, 0.15) is 57.4 Å². The fourth-order valence-corrected chi connectivity index (χ4v) is 4.19. The number of benzene rings is 2. The van der Waals surface area contributed by atoms with Gasteiger partial charge in [-0.05, 0) is 17.4 Å². The number of fused-ring (bicyclic) bond motifs is 1. The van der Waals surface area contributed by atoms with Gasteiger partial charge in [0.2, 0.25) is 0 Å². The molecule has 25 heavy (non-hydrogen) atoms. The molecule has 0 saturated heterocycles. The third-order valence-corrected chi connectivity index (χ3v) is 5.53. The lowest BCUT2D eigenvalue weighted by Crippen LogP contribution is -2.10. The molecule has 0 amide bonds. The highest BCUT2D eigenvalue weighted by molar-refractivity contribution is 7.86. The number of unbranched alkanes of at least 4 members (excludes halogenated alkanes) is 5. The van der Waals surface area contributed by atoms with E-state index in [0.29, 0.717) is 22.8 Å². The molecule has 0 fully saturated rings. The van der Waals surface area contributed by atoms with Crippen LogP contribution in [0, 0.1) is 0 Å². The van der Waals surface area contributed by atoms with E-state index in [4.69, 9.17) is 0 Å². The minimum Gasteiger partial charge on any atom is -0.282 e. The number of rotatable bonds is 10. The molecule has 0 heterocycles. The Labute approximate surface area is 150 Å². The monoisotopic (exact) mass is 366 g/mol. The van der Waals surface area contributed by atoms with E-state index in [0.717, 1.165) is 19.3 Å². The molecule has 1 atom stereocenters. The molecule has 0 aliphatic carbocycles. The highest BCUT2D eigenvalue weighted by Gasteiger charge is 2.21. The van der Waals surface area contributed by atoms with Gasteiger partial charge in [-0.15, -0.1) is 0 Å². The lowest BCUT2D eigenvalue weighted by atomic mass is 10.00. The van der Waals surface area contributed by atoms with Crippen molar-refractivity contribution >= 4 is 20.9 Å². The van der Waals surface area contributed by atoms with Crippen molar-refractivity contribution < 1.29 is 17.4 Å². The maximum Gasteiger partial charge on any atom is 0.295 e. The van der Waals surface area contributed by atoms with E-state index in [1.165, 1.54) is 19.3 Å². The molecular formula is C20H27FO3S. The summed E-state index contributed by atoms with van der Waals surface area (Å²) in [7, 11) is -4.41. The highest BCUT2D eigenvalue weighted by atomic mass is 32.2. The summed E-state index contributed by atoms with van der Waals surface area (Å²) in [5.74, 6) is 0. The van der Waals surface area contributed by atoms with Crippen molar-refractivity contribution in [1.82, 2.24) is 0 Å². The first-order valence-electron chi connectivity index (χ1n) is 9.05. The van der Waals surface area contributed by atoms with E-state index in [-0.39, 0.29) is 11.3 Å². The number of hydrogen-bond donors (Lipinski definition) is 1. The van der Waals surface area contributed by atoms with Crippen molar-refractivity contribution in [1.29, 1.82) is 0 Å². The van der Waals surface area contributed by atoms with Crippen molar-refractivity contribution in [3.05, 3.63) is 42.0 Å². The van der Waals surface area contributed by atoms with E-state index in [2.05, 4.69) is 6.92 Å². The van der Waals surface area contributed by atoms with E-state index in [1.54, 1.807) is 36.4 Å². The average molecular weight is 366 g/mol. The summed E-state index contributed by atoms with van der Waals surface area (Å²) < 4.78 is 47.7. The lowest BCUT2D eigenvalue weighted by Gasteiger charge is -2.13. The van der Waals surface area contributed by atoms with Crippen LogP contribution in [0.25, 0.3) is 10.8 Å². The summed E-state index contributed by atoms with van der Waals surface area (Å²) in [6.07, 6.45) is 5.84. The Bertz CT molecular complexity index is 787. The summed E-state index contributed by atoms with van der Waals surface area (Å²) in [5, 5.41) is 1.15. The van der Waals surface area contributed by atoms with Gasteiger partial charge in [0.25, 0.3) is 10.1 Å². The molecule has 2 aromatic rings. The highest BCUT2D eigenvalue weighted by Crippen LogP contribution is 2.28. The summed E-state index contributed by atoms with van der Waals surface area (Å²) >= 11 is 0. The van der Waals surface area contributed by atoms with Crippen molar-refractivity contribution in [2.24, 2.45) is 0 Å². The topological polar surface area (TPSA) is 54.4 Å². The van der Waals surface area contributed by atoms with Crippen LogP contribution in [0.15, 0.2) is 41.3 Å². The Morgan fingerprint density at radius 3 is 2.40 bits per heavy atom. The second-order valence-electron chi connectivity index (χ2n) is 6.61. The first kappa shape index (κ1) is 19.9. The predicted molar refractivity (Wildman–Crippen MR) is 100 cm³/mol. The Balaban J connectivity index is 2.08. The molecule has 0 radical (unpaired) electrons. The standard InChI is InChI=1S/C20H27FO3S/c1-2-3-4-5-6-7-11-18(21)15-17-14-13-16-10-8-9-12-19(16)20(17)25(22,23)24/h8-10,12-14,18H,2-7,11,15H2,1H3,(H,22,23,24). The molecule has 0 bridgehead atoms. The van der Waals surface area contributed by atoms with Gasteiger partial charge in [0.1, 0.15) is 11.1 Å². The summed E-state index contributed by atoms with van der Waals surface area (Å²) in [4.78, 5) is -0.156. The van der Waals surface area contributed by atoms with E-state index in [9.17, 15) is 17.4 Å². The van der Waals surface area contributed by atoms with Gasteiger partial charge < -0.3 is 0 Å². The summed E-state index contributed by atoms with van der Waals surface area (Å²) in [5.41, 5.74) is 0.347. The zero-order valence-corrected chi connectivity index (χ0v) is 15.6. The van der Waals surface area contributed by atoms with Crippen LogP contribution < -0.4 is 0 Å². The lowest BCUT2D eigenvalue weighted by molar-refractivity contribution is 0.301. The quantitative estimate of drug-likeness (QED) is 0.432. The van der Waals surface area contributed by atoms with E-state index in [1.807, 2.05) is 0 Å². The molecule has 138 valence electrons. The zero-order valence-electron chi connectivity index (χ0n) is 14.7. The Morgan fingerprint density at radius 2 is 1.68 bits per heavy atom. The van der Waals surface area contributed by atoms with Crippen LogP contribution >= 0.6 is 0 Å². The Morgan fingerprint density at radius 1 is 1.00 bits per heavy atom. The van der Waals surface area contributed by atoms with Crippen LogP contribution in [0.4, 0.5) is 4.39 Å². The first-order valence-corrected chi connectivity index (χ1v) is 10.5. The molecule has 1 N–H and O–H groups in total. The fraction of sp³-hybridized carbons (Fsp3) is 0.500. The van der Waals surface area contributed by atoms with Crippen LogP contribution in [0.3, 0.4) is 0 Å². The van der Waals surface area contributed by atoms with Gasteiger partial charge in [-0.2, -0.15) is 8.42 Å². The minimum atomic E-state index is -4.41. The number of hydrogen-bond acceptors (Lipinski definition) is 2. The first-order chi connectivity index (χ1) is 11.9. The second kappa shape index (κ2) is 9.30. The molecule has 2 rings (SSSR count). The molecule has 3 nitrogen and oxygen atoms in total. The smallest absolute Gasteiger partial charge is 0.282 e. The molecule has 0 aliphatic rings. The SMILES string of the molecule is CCCCCCCCC(F)Cc1ccc2ccccc2c1S(=O)(=O)O. The Hall–Kier alpha value is -1.46.